The topological polar surface area (TPSA) is 47.3 Å². The fraction of sp³-hybridized carbons (Fsp3) is 0.533. The van der Waals surface area contributed by atoms with Crippen LogP contribution < -0.4 is 0 Å². The highest BCUT2D eigenvalue weighted by molar-refractivity contribution is 5.38. The molecule has 2 unspecified atom stereocenters. The standard InChI is InChI=1S/C15H17FN2O/c1-18-11-5-6-12(18)8-15(19,7-11)13-4-2-3-10(9-17)14(13)16/h2-4,11-12,19H,5-8H2,1H3. The van der Waals surface area contributed by atoms with Crippen molar-refractivity contribution in [1.29, 1.82) is 5.26 Å². The van der Waals surface area contributed by atoms with Crippen LogP contribution in [0.25, 0.3) is 0 Å². The minimum Gasteiger partial charge on any atom is -0.385 e. The Morgan fingerprint density at radius 3 is 2.58 bits per heavy atom. The third-order valence-electron chi connectivity index (χ3n) is 4.75. The molecule has 0 spiro atoms. The summed E-state index contributed by atoms with van der Waals surface area (Å²) in [5.41, 5.74) is -0.830. The summed E-state index contributed by atoms with van der Waals surface area (Å²) < 4.78 is 14.3. The average molecular weight is 260 g/mol. The Hall–Kier alpha value is -1.44. The van der Waals surface area contributed by atoms with E-state index in [-0.39, 0.29) is 11.1 Å². The zero-order valence-corrected chi connectivity index (χ0v) is 10.9. The van der Waals surface area contributed by atoms with E-state index in [1.54, 1.807) is 12.1 Å². The predicted octanol–water partition coefficient (Wildman–Crippen LogP) is 2.14. The molecule has 4 heteroatoms. The minimum absolute atomic E-state index is 0.0113. The van der Waals surface area contributed by atoms with Gasteiger partial charge in [0.1, 0.15) is 11.9 Å². The van der Waals surface area contributed by atoms with Crippen molar-refractivity contribution in [3.05, 3.63) is 35.1 Å². The molecule has 0 saturated carbocycles. The molecule has 2 aliphatic heterocycles. The number of nitrogens with zero attached hydrogens (tertiary/aromatic N) is 2. The highest BCUT2D eigenvalue weighted by Crippen LogP contribution is 2.45. The molecule has 0 aliphatic carbocycles. The van der Waals surface area contributed by atoms with Crippen LogP contribution in [0.2, 0.25) is 0 Å². The molecule has 1 aromatic rings. The molecule has 1 aromatic carbocycles. The van der Waals surface area contributed by atoms with Crippen molar-refractivity contribution >= 4 is 0 Å². The highest BCUT2D eigenvalue weighted by Gasteiger charge is 2.47. The summed E-state index contributed by atoms with van der Waals surface area (Å²) in [6.45, 7) is 0. The van der Waals surface area contributed by atoms with Crippen LogP contribution in [0.5, 0.6) is 0 Å². The van der Waals surface area contributed by atoms with Crippen LogP contribution in [0.4, 0.5) is 4.39 Å². The van der Waals surface area contributed by atoms with Gasteiger partial charge in [-0.25, -0.2) is 4.39 Å². The number of nitriles is 1. The number of benzene rings is 1. The zero-order valence-electron chi connectivity index (χ0n) is 10.9. The normalized spacial score (nSPS) is 34.2. The molecule has 19 heavy (non-hydrogen) atoms. The smallest absolute Gasteiger partial charge is 0.147 e. The summed E-state index contributed by atoms with van der Waals surface area (Å²) in [6, 6.07) is 7.18. The van der Waals surface area contributed by atoms with E-state index in [4.69, 9.17) is 5.26 Å². The summed E-state index contributed by atoms with van der Waals surface area (Å²) in [7, 11) is 2.07. The summed E-state index contributed by atoms with van der Waals surface area (Å²) in [4.78, 5) is 2.29. The van der Waals surface area contributed by atoms with Crippen molar-refractivity contribution in [3.8, 4) is 6.07 Å². The third-order valence-corrected chi connectivity index (χ3v) is 4.75. The first-order valence-electron chi connectivity index (χ1n) is 6.68. The molecular formula is C15H17FN2O. The molecule has 2 saturated heterocycles. The van der Waals surface area contributed by atoms with E-state index in [1.165, 1.54) is 6.07 Å². The van der Waals surface area contributed by atoms with Gasteiger partial charge in [-0.2, -0.15) is 5.26 Å². The fourth-order valence-corrected chi connectivity index (χ4v) is 3.64. The quantitative estimate of drug-likeness (QED) is 0.841. The molecule has 2 bridgehead atoms. The van der Waals surface area contributed by atoms with E-state index in [2.05, 4.69) is 11.9 Å². The van der Waals surface area contributed by atoms with Crippen molar-refractivity contribution in [2.24, 2.45) is 0 Å². The van der Waals surface area contributed by atoms with E-state index in [0.29, 0.717) is 24.9 Å². The Balaban J connectivity index is 2.01. The van der Waals surface area contributed by atoms with Gasteiger partial charge in [0.05, 0.1) is 11.2 Å². The second-order valence-electron chi connectivity index (χ2n) is 5.77. The Bertz CT molecular complexity index is 538. The van der Waals surface area contributed by atoms with Crippen molar-refractivity contribution < 1.29 is 9.50 Å². The second kappa shape index (κ2) is 4.29. The number of hydrogen-bond donors (Lipinski definition) is 1. The maximum Gasteiger partial charge on any atom is 0.147 e. The molecule has 2 atom stereocenters. The molecule has 3 nitrogen and oxygen atoms in total. The molecule has 1 N–H and O–H groups in total. The van der Waals surface area contributed by atoms with Gasteiger partial charge >= 0.3 is 0 Å². The van der Waals surface area contributed by atoms with Gasteiger partial charge in [0, 0.05) is 17.6 Å². The molecule has 0 amide bonds. The first-order chi connectivity index (χ1) is 9.05. The van der Waals surface area contributed by atoms with Gasteiger partial charge in [-0.3, -0.25) is 0 Å². The molecular weight excluding hydrogens is 243 g/mol. The van der Waals surface area contributed by atoms with Gasteiger partial charge < -0.3 is 10.0 Å². The molecule has 2 heterocycles. The fourth-order valence-electron chi connectivity index (χ4n) is 3.64. The number of fused-ring (bicyclic) bond motifs is 2. The SMILES string of the molecule is CN1C2CCC1CC(O)(c1cccc(C#N)c1F)C2. The third kappa shape index (κ3) is 1.85. The van der Waals surface area contributed by atoms with Gasteiger partial charge in [0.25, 0.3) is 0 Å². The number of aliphatic hydroxyl groups is 1. The summed E-state index contributed by atoms with van der Waals surface area (Å²) in [5, 5.41) is 19.8. The molecule has 2 aliphatic rings. The van der Waals surface area contributed by atoms with Gasteiger partial charge in [-0.05, 0) is 38.8 Å². The van der Waals surface area contributed by atoms with Crippen molar-refractivity contribution in [2.75, 3.05) is 7.05 Å². The number of piperidine rings is 1. The minimum atomic E-state index is -1.13. The van der Waals surface area contributed by atoms with Gasteiger partial charge in [0.2, 0.25) is 0 Å². The van der Waals surface area contributed by atoms with Crippen LogP contribution in [-0.2, 0) is 5.60 Å². The van der Waals surface area contributed by atoms with Crippen LogP contribution in [0.1, 0.15) is 36.8 Å². The van der Waals surface area contributed by atoms with E-state index < -0.39 is 11.4 Å². The average Bonchev–Trinajstić information content (AvgIpc) is 2.63. The van der Waals surface area contributed by atoms with E-state index in [1.807, 2.05) is 6.07 Å². The van der Waals surface area contributed by atoms with Gasteiger partial charge in [-0.1, -0.05) is 12.1 Å². The molecule has 0 radical (unpaired) electrons. The Kier molecular flexibility index (Phi) is 2.84. The molecule has 2 fully saturated rings. The van der Waals surface area contributed by atoms with E-state index >= 15 is 0 Å². The van der Waals surface area contributed by atoms with Crippen molar-refractivity contribution in [3.63, 3.8) is 0 Å². The Morgan fingerprint density at radius 2 is 2.00 bits per heavy atom. The zero-order chi connectivity index (χ0) is 13.6. The number of halogens is 1. The van der Waals surface area contributed by atoms with Crippen LogP contribution in [-0.4, -0.2) is 29.1 Å². The largest absolute Gasteiger partial charge is 0.385 e. The Morgan fingerprint density at radius 1 is 1.37 bits per heavy atom. The van der Waals surface area contributed by atoms with Gasteiger partial charge in [0.15, 0.2) is 0 Å². The summed E-state index contributed by atoms with van der Waals surface area (Å²) in [6.07, 6.45) is 3.21. The first kappa shape index (κ1) is 12.6. The lowest BCUT2D eigenvalue weighted by Crippen LogP contribution is -2.48. The lowest BCUT2D eigenvalue weighted by atomic mass is 9.80. The predicted molar refractivity (Wildman–Crippen MR) is 68.8 cm³/mol. The van der Waals surface area contributed by atoms with Gasteiger partial charge in [-0.15, -0.1) is 0 Å². The number of rotatable bonds is 1. The molecule has 100 valence electrons. The first-order valence-corrected chi connectivity index (χ1v) is 6.68. The summed E-state index contributed by atoms with van der Waals surface area (Å²) >= 11 is 0. The van der Waals surface area contributed by atoms with Crippen LogP contribution in [0.15, 0.2) is 18.2 Å². The van der Waals surface area contributed by atoms with Crippen LogP contribution >= 0.6 is 0 Å². The Labute approximate surface area is 112 Å². The highest BCUT2D eigenvalue weighted by atomic mass is 19.1. The maximum absolute atomic E-state index is 14.3. The lowest BCUT2D eigenvalue weighted by Gasteiger charge is -2.42. The maximum atomic E-state index is 14.3. The van der Waals surface area contributed by atoms with E-state index in [0.717, 1.165) is 12.8 Å². The van der Waals surface area contributed by atoms with E-state index in [9.17, 15) is 9.50 Å². The van der Waals surface area contributed by atoms with Crippen LogP contribution in [0, 0.1) is 17.1 Å². The monoisotopic (exact) mass is 260 g/mol. The second-order valence-corrected chi connectivity index (χ2v) is 5.77. The van der Waals surface area contributed by atoms with Crippen LogP contribution in [0.3, 0.4) is 0 Å². The molecule has 0 aromatic heterocycles. The lowest BCUT2D eigenvalue weighted by molar-refractivity contribution is -0.0516. The summed E-state index contributed by atoms with van der Waals surface area (Å²) in [5.74, 6) is -0.559. The van der Waals surface area contributed by atoms with Crippen molar-refractivity contribution in [1.82, 2.24) is 4.90 Å². The van der Waals surface area contributed by atoms with Crippen molar-refractivity contribution in [2.45, 2.75) is 43.4 Å². The molecule has 3 rings (SSSR count). The number of hydrogen-bond acceptors (Lipinski definition) is 3.